The van der Waals surface area contributed by atoms with Crippen molar-refractivity contribution in [1.29, 1.82) is 0 Å². The number of imide groups is 1. The average molecular weight is 318 g/mol. The molecule has 1 aliphatic rings. The van der Waals surface area contributed by atoms with E-state index in [4.69, 9.17) is 11.6 Å². The number of carbonyl (C=O) groups is 2. The molecule has 2 aromatic rings. The molecule has 0 atom stereocenters. The van der Waals surface area contributed by atoms with Crippen LogP contribution >= 0.6 is 22.9 Å². The molecule has 0 saturated heterocycles. The van der Waals surface area contributed by atoms with E-state index in [2.05, 4.69) is 0 Å². The molecule has 0 fully saturated rings. The second-order valence-corrected chi connectivity index (χ2v) is 6.23. The van der Waals surface area contributed by atoms with Crippen LogP contribution in [0, 0.1) is 13.8 Å². The third kappa shape index (κ3) is 2.20. The van der Waals surface area contributed by atoms with Crippen molar-refractivity contribution in [2.75, 3.05) is 4.90 Å². The number of hydrogen-bond donors (Lipinski definition) is 0. The molecule has 0 bridgehead atoms. The Morgan fingerprint density at radius 3 is 2.48 bits per heavy atom. The van der Waals surface area contributed by atoms with Crippen molar-refractivity contribution >= 4 is 46.0 Å². The topological polar surface area (TPSA) is 37.4 Å². The maximum atomic E-state index is 12.6. The first kappa shape index (κ1) is 14.0. The maximum absolute atomic E-state index is 12.6. The monoisotopic (exact) mass is 317 g/mol. The minimum Gasteiger partial charge on any atom is -0.268 e. The third-order valence-electron chi connectivity index (χ3n) is 3.39. The van der Waals surface area contributed by atoms with Crippen LogP contribution in [0.25, 0.3) is 5.57 Å². The number of halogens is 1. The summed E-state index contributed by atoms with van der Waals surface area (Å²) >= 11 is 7.51. The Morgan fingerprint density at radius 1 is 1.10 bits per heavy atom. The van der Waals surface area contributed by atoms with Gasteiger partial charge >= 0.3 is 0 Å². The van der Waals surface area contributed by atoms with Gasteiger partial charge < -0.3 is 0 Å². The fraction of sp³-hybridized carbons (Fsp3) is 0.125. The molecule has 1 aromatic heterocycles. The van der Waals surface area contributed by atoms with Crippen LogP contribution < -0.4 is 4.90 Å². The largest absolute Gasteiger partial charge is 0.277 e. The van der Waals surface area contributed by atoms with Crippen LogP contribution in [0.3, 0.4) is 0 Å². The number of aryl methyl sites for hydroxylation is 2. The lowest BCUT2D eigenvalue weighted by Gasteiger charge is -2.17. The van der Waals surface area contributed by atoms with Crippen molar-refractivity contribution in [3.8, 4) is 0 Å². The molecule has 2 heterocycles. The van der Waals surface area contributed by atoms with Crippen LogP contribution in [-0.2, 0) is 9.59 Å². The third-order valence-corrected chi connectivity index (χ3v) is 4.63. The van der Waals surface area contributed by atoms with E-state index in [0.717, 1.165) is 16.0 Å². The molecule has 2 amide bonds. The van der Waals surface area contributed by atoms with Gasteiger partial charge in [0.1, 0.15) is 5.03 Å². The number of amides is 2. The number of benzene rings is 1. The van der Waals surface area contributed by atoms with Crippen LogP contribution in [0.15, 0.2) is 40.7 Å². The standard InChI is InChI=1S/C16H12ClNO2S/c1-9-5-6-11(10(2)8-9)18-15(19)13(14(17)16(18)20)12-4-3-7-21-12/h3-8H,1-2H3. The summed E-state index contributed by atoms with van der Waals surface area (Å²) in [6.07, 6.45) is 0. The lowest BCUT2D eigenvalue weighted by Crippen LogP contribution is -2.31. The number of carbonyl (C=O) groups excluding carboxylic acids is 2. The lowest BCUT2D eigenvalue weighted by molar-refractivity contribution is -0.119. The van der Waals surface area contributed by atoms with E-state index in [1.165, 1.54) is 11.3 Å². The Balaban J connectivity index is 2.08. The van der Waals surface area contributed by atoms with Crippen LogP contribution in [-0.4, -0.2) is 11.8 Å². The highest BCUT2D eigenvalue weighted by Crippen LogP contribution is 2.37. The Labute approximate surface area is 131 Å². The zero-order valence-corrected chi connectivity index (χ0v) is 13.1. The molecule has 3 nitrogen and oxygen atoms in total. The first-order valence-corrected chi connectivity index (χ1v) is 7.66. The normalized spacial score (nSPS) is 15.3. The minimum absolute atomic E-state index is 0.0116. The SMILES string of the molecule is Cc1ccc(N2C(=O)C(Cl)=C(c3cccs3)C2=O)c(C)c1. The summed E-state index contributed by atoms with van der Waals surface area (Å²) in [5, 5.41) is 1.84. The maximum Gasteiger partial charge on any atom is 0.277 e. The highest BCUT2D eigenvalue weighted by molar-refractivity contribution is 7.11. The van der Waals surface area contributed by atoms with Crippen LogP contribution in [0.1, 0.15) is 16.0 Å². The van der Waals surface area contributed by atoms with E-state index in [0.29, 0.717) is 10.6 Å². The number of anilines is 1. The van der Waals surface area contributed by atoms with Gasteiger partial charge in [-0.05, 0) is 36.9 Å². The van der Waals surface area contributed by atoms with Crippen molar-refractivity contribution in [3.05, 3.63) is 56.7 Å². The highest BCUT2D eigenvalue weighted by atomic mass is 35.5. The lowest BCUT2D eigenvalue weighted by atomic mass is 10.1. The van der Waals surface area contributed by atoms with Crippen molar-refractivity contribution < 1.29 is 9.59 Å². The van der Waals surface area contributed by atoms with Gasteiger partial charge in [0.15, 0.2) is 0 Å². The second-order valence-electron chi connectivity index (χ2n) is 4.90. The van der Waals surface area contributed by atoms with E-state index in [1.807, 2.05) is 37.4 Å². The van der Waals surface area contributed by atoms with Crippen molar-refractivity contribution in [3.63, 3.8) is 0 Å². The number of rotatable bonds is 2. The molecule has 1 aromatic carbocycles. The van der Waals surface area contributed by atoms with Gasteiger partial charge in [0, 0.05) is 4.88 Å². The molecule has 0 radical (unpaired) electrons. The Morgan fingerprint density at radius 2 is 1.86 bits per heavy atom. The molecular formula is C16H12ClNO2S. The van der Waals surface area contributed by atoms with Gasteiger partial charge in [0.05, 0.1) is 11.3 Å². The number of hydrogen-bond acceptors (Lipinski definition) is 3. The summed E-state index contributed by atoms with van der Waals surface area (Å²) in [6.45, 7) is 3.84. The molecule has 3 rings (SSSR count). The first-order chi connectivity index (χ1) is 10.0. The minimum atomic E-state index is -0.461. The number of thiophene rings is 1. The summed E-state index contributed by atoms with van der Waals surface area (Å²) in [5.74, 6) is -0.823. The van der Waals surface area contributed by atoms with Gasteiger partial charge in [0.25, 0.3) is 11.8 Å². The molecule has 21 heavy (non-hydrogen) atoms. The van der Waals surface area contributed by atoms with E-state index in [-0.39, 0.29) is 16.5 Å². The summed E-state index contributed by atoms with van der Waals surface area (Å²) in [5.41, 5.74) is 2.82. The van der Waals surface area contributed by atoms with Gasteiger partial charge in [0.2, 0.25) is 0 Å². The fourth-order valence-electron chi connectivity index (χ4n) is 2.41. The Kier molecular flexibility index (Phi) is 3.43. The zero-order chi connectivity index (χ0) is 15.1. The summed E-state index contributed by atoms with van der Waals surface area (Å²) in [6, 6.07) is 9.21. The van der Waals surface area contributed by atoms with Crippen molar-refractivity contribution in [2.45, 2.75) is 13.8 Å². The zero-order valence-electron chi connectivity index (χ0n) is 11.5. The molecule has 0 N–H and O–H groups in total. The predicted octanol–water partition coefficient (Wildman–Crippen LogP) is 3.89. The van der Waals surface area contributed by atoms with Crippen molar-refractivity contribution in [1.82, 2.24) is 0 Å². The molecule has 0 unspecified atom stereocenters. The van der Waals surface area contributed by atoms with E-state index >= 15 is 0 Å². The predicted molar refractivity (Wildman–Crippen MR) is 85.5 cm³/mol. The molecule has 0 saturated carbocycles. The molecular weight excluding hydrogens is 306 g/mol. The smallest absolute Gasteiger partial charge is 0.268 e. The summed E-state index contributed by atoms with van der Waals surface area (Å²) in [7, 11) is 0. The highest BCUT2D eigenvalue weighted by Gasteiger charge is 2.40. The quantitative estimate of drug-likeness (QED) is 0.788. The van der Waals surface area contributed by atoms with Gasteiger partial charge in [-0.25, -0.2) is 4.90 Å². The molecule has 1 aliphatic heterocycles. The molecule has 0 spiro atoms. The van der Waals surface area contributed by atoms with Crippen molar-refractivity contribution in [2.24, 2.45) is 0 Å². The van der Waals surface area contributed by atoms with Crippen LogP contribution in [0.4, 0.5) is 5.69 Å². The molecule has 5 heteroatoms. The van der Waals surface area contributed by atoms with Crippen LogP contribution in [0.5, 0.6) is 0 Å². The molecule has 0 aliphatic carbocycles. The Hall–Kier alpha value is -1.91. The van der Waals surface area contributed by atoms with Crippen LogP contribution in [0.2, 0.25) is 0 Å². The van der Waals surface area contributed by atoms with E-state index in [1.54, 1.807) is 12.1 Å². The van der Waals surface area contributed by atoms with Gasteiger partial charge in [-0.2, -0.15) is 0 Å². The van der Waals surface area contributed by atoms with Gasteiger partial charge in [-0.3, -0.25) is 9.59 Å². The fourth-order valence-corrected chi connectivity index (χ4v) is 3.50. The van der Waals surface area contributed by atoms with E-state index < -0.39 is 5.91 Å². The number of nitrogens with zero attached hydrogens (tertiary/aromatic N) is 1. The summed E-state index contributed by atoms with van der Waals surface area (Å²) in [4.78, 5) is 26.9. The Bertz CT molecular complexity index is 778. The summed E-state index contributed by atoms with van der Waals surface area (Å²) < 4.78 is 0. The van der Waals surface area contributed by atoms with Gasteiger partial charge in [-0.15, -0.1) is 11.3 Å². The van der Waals surface area contributed by atoms with Gasteiger partial charge in [-0.1, -0.05) is 35.4 Å². The average Bonchev–Trinajstić information content (AvgIpc) is 3.01. The second kappa shape index (κ2) is 5.13. The molecule has 106 valence electrons. The van der Waals surface area contributed by atoms with E-state index in [9.17, 15) is 9.59 Å². The first-order valence-electron chi connectivity index (χ1n) is 6.40.